The van der Waals surface area contributed by atoms with Gasteiger partial charge in [-0.2, -0.15) is 0 Å². The van der Waals surface area contributed by atoms with Crippen molar-refractivity contribution in [1.29, 1.82) is 0 Å². The van der Waals surface area contributed by atoms with Gasteiger partial charge in [-0.05, 0) is 47.0 Å². The third-order valence-electron chi connectivity index (χ3n) is 2.33. The van der Waals surface area contributed by atoms with Gasteiger partial charge < -0.3 is 10.1 Å². The summed E-state index contributed by atoms with van der Waals surface area (Å²) in [5.41, 5.74) is 2.39. The molecule has 0 unspecified atom stereocenters. The molecule has 0 saturated heterocycles. The third-order valence-corrected chi connectivity index (χ3v) is 2.98. The zero-order valence-electron chi connectivity index (χ0n) is 10.1. The molecule has 0 radical (unpaired) electrons. The number of hydrogen-bond acceptors (Lipinski definition) is 2. The maximum absolute atomic E-state index is 5.48. The second-order valence-electron chi connectivity index (χ2n) is 3.88. The Hall–Kier alpha value is -0.540. The molecule has 1 rings (SSSR count). The van der Waals surface area contributed by atoms with E-state index < -0.39 is 0 Å². The van der Waals surface area contributed by atoms with Crippen molar-refractivity contribution in [2.45, 2.75) is 26.7 Å². The van der Waals surface area contributed by atoms with Crippen molar-refractivity contribution in [3.8, 4) is 0 Å². The van der Waals surface area contributed by atoms with Crippen LogP contribution in [0.25, 0.3) is 0 Å². The van der Waals surface area contributed by atoms with E-state index in [9.17, 15) is 0 Å². The zero-order chi connectivity index (χ0) is 11.8. The molecular weight excluding hydrogens is 266 g/mol. The van der Waals surface area contributed by atoms with Gasteiger partial charge in [0.25, 0.3) is 0 Å². The Labute approximate surface area is 107 Å². The number of rotatable bonds is 7. The predicted molar refractivity (Wildman–Crippen MR) is 73.1 cm³/mol. The first-order valence-corrected chi connectivity index (χ1v) is 6.61. The second kappa shape index (κ2) is 7.69. The Kier molecular flexibility index (Phi) is 6.50. The molecule has 1 aromatic carbocycles. The van der Waals surface area contributed by atoms with Crippen LogP contribution in [-0.2, 0) is 4.74 Å². The molecule has 0 fully saturated rings. The fourth-order valence-electron chi connectivity index (χ4n) is 1.37. The van der Waals surface area contributed by atoms with Gasteiger partial charge in [-0.1, -0.05) is 19.4 Å². The largest absolute Gasteiger partial charge is 0.382 e. The summed E-state index contributed by atoms with van der Waals surface area (Å²) in [6.07, 6.45) is 2.34. The molecule has 0 saturated carbocycles. The van der Waals surface area contributed by atoms with Gasteiger partial charge in [0, 0.05) is 23.3 Å². The minimum absolute atomic E-state index is 0.764. The summed E-state index contributed by atoms with van der Waals surface area (Å²) in [6, 6.07) is 6.30. The Morgan fingerprint density at radius 1 is 1.31 bits per heavy atom. The molecule has 0 aliphatic rings. The van der Waals surface area contributed by atoms with E-state index in [0.29, 0.717) is 0 Å². The zero-order valence-corrected chi connectivity index (χ0v) is 11.6. The molecule has 90 valence electrons. The number of halogens is 1. The van der Waals surface area contributed by atoms with Crippen LogP contribution < -0.4 is 5.32 Å². The molecule has 0 aromatic heterocycles. The smallest absolute Gasteiger partial charge is 0.0639 e. The lowest BCUT2D eigenvalue weighted by atomic mass is 10.2. The van der Waals surface area contributed by atoms with Gasteiger partial charge in [0.1, 0.15) is 0 Å². The van der Waals surface area contributed by atoms with Gasteiger partial charge in [0.05, 0.1) is 6.61 Å². The molecule has 0 heterocycles. The van der Waals surface area contributed by atoms with Crippen molar-refractivity contribution in [2.24, 2.45) is 0 Å². The Morgan fingerprint density at radius 3 is 2.81 bits per heavy atom. The fraction of sp³-hybridized carbons (Fsp3) is 0.538. The summed E-state index contributed by atoms with van der Waals surface area (Å²) in [5.74, 6) is 0. The van der Waals surface area contributed by atoms with Crippen molar-refractivity contribution in [3.63, 3.8) is 0 Å². The van der Waals surface area contributed by atoms with Crippen LogP contribution in [0.2, 0.25) is 0 Å². The van der Waals surface area contributed by atoms with Gasteiger partial charge in [0.2, 0.25) is 0 Å². The van der Waals surface area contributed by atoms with Crippen LogP contribution in [0, 0.1) is 6.92 Å². The van der Waals surface area contributed by atoms with E-state index in [2.05, 4.69) is 53.3 Å². The Morgan fingerprint density at radius 2 is 2.12 bits per heavy atom. The molecule has 16 heavy (non-hydrogen) atoms. The number of aryl methyl sites for hydroxylation is 1. The molecule has 0 spiro atoms. The SMILES string of the molecule is CCCCOCCNc1ccc(C)cc1Br. The van der Waals surface area contributed by atoms with Crippen LogP contribution in [0.5, 0.6) is 0 Å². The van der Waals surface area contributed by atoms with E-state index in [0.717, 1.165) is 36.3 Å². The molecule has 3 heteroatoms. The van der Waals surface area contributed by atoms with Crippen molar-refractivity contribution < 1.29 is 4.74 Å². The summed E-state index contributed by atoms with van der Waals surface area (Å²) in [6.45, 7) is 6.74. The molecule has 0 aliphatic heterocycles. The van der Waals surface area contributed by atoms with Crippen molar-refractivity contribution in [2.75, 3.05) is 25.1 Å². The molecule has 0 atom stereocenters. The summed E-state index contributed by atoms with van der Waals surface area (Å²) >= 11 is 3.54. The van der Waals surface area contributed by atoms with Gasteiger partial charge in [-0.3, -0.25) is 0 Å². The third kappa shape index (κ3) is 4.99. The average molecular weight is 286 g/mol. The lowest BCUT2D eigenvalue weighted by Gasteiger charge is -2.09. The number of ether oxygens (including phenoxy) is 1. The van der Waals surface area contributed by atoms with Crippen LogP contribution in [0.4, 0.5) is 5.69 Å². The maximum Gasteiger partial charge on any atom is 0.0639 e. The first kappa shape index (κ1) is 13.5. The first-order chi connectivity index (χ1) is 7.74. The lowest BCUT2D eigenvalue weighted by Crippen LogP contribution is -2.10. The number of anilines is 1. The van der Waals surface area contributed by atoms with Gasteiger partial charge in [-0.15, -0.1) is 0 Å². The Bertz CT molecular complexity index is 315. The number of unbranched alkanes of at least 4 members (excludes halogenated alkanes) is 1. The van der Waals surface area contributed by atoms with E-state index in [4.69, 9.17) is 4.74 Å². The van der Waals surface area contributed by atoms with E-state index in [1.54, 1.807) is 0 Å². The second-order valence-corrected chi connectivity index (χ2v) is 4.73. The first-order valence-electron chi connectivity index (χ1n) is 5.82. The van der Waals surface area contributed by atoms with Gasteiger partial charge in [0.15, 0.2) is 0 Å². The van der Waals surface area contributed by atoms with Crippen LogP contribution in [0.15, 0.2) is 22.7 Å². The maximum atomic E-state index is 5.48. The highest BCUT2D eigenvalue weighted by molar-refractivity contribution is 9.10. The minimum Gasteiger partial charge on any atom is -0.382 e. The predicted octanol–water partition coefficient (Wildman–Crippen LogP) is 3.99. The van der Waals surface area contributed by atoms with Gasteiger partial charge >= 0.3 is 0 Å². The molecule has 2 nitrogen and oxygen atoms in total. The van der Waals surface area contributed by atoms with Crippen molar-refractivity contribution in [3.05, 3.63) is 28.2 Å². The van der Waals surface area contributed by atoms with Crippen LogP contribution in [0.3, 0.4) is 0 Å². The van der Waals surface area contributed by atoms with Crippen molar-refractivity contribution >= 4 is 21.6 Å². The van der Waals surface area contributed by atoms with Crippen LogP contribution in [0.1, 0.15) is 25.3 Å². The summed E-state index contributed by atoms with van der Waals surface area (Å²) < 4.78 is 6.59. The van der Waals surface area contributed by atoms with E-state index in [-0.39, 0.29) is 0 Å². The normalized spacial score (nSPS) is 10.4. The highest BCUT2D eigenvalue weighted by Gasteiger charge is 1.98. The molecular formula is C13H20BrNO. The van der Waals surface area contributed by atoms with E-state index >= 15 is 0 Å². The quantitative estimate of drug-likeness (QED) is 0.765. The summed E-state index contributed by atoms with van der Waals surface area (Å²) in [7, 11) is 0. The number of benzene rings is 1. The monoisotopic (exact) mass is 285 g/mol. The molecule has 1 N–H and O–H groups in total. The number of nitrogens with one attached hydrogen (secondary N) is 1. The highest BCUT2D eigenvalue weighted by atomic mass is 79.9. The summed E-state index contributed by atoms with van der Waals surface area (Å²) in [5, 5.41) is 3.35. The summed E-state index contributed by atoms with van der Waals surface area (Å²) in [4.78, 5) is 0. The molecule has 0 amide bonds. The standard InChI is InChI=1S/C13H20BrNO/c1-3-4-8-16-9-7-15-13-6-5-11(2)10-12(13)14/h5-6,10,15H,3-4,7-9H2,1-2H3. The van der Waals surface area contributed by atoms with Crippen molar-refractivity contribution in [1.82, 2.24) is 0 Å². The highest BCUT2D eigenvalue weighted by Crippen LogP contribution is 2.22. The van der Waals surface area contributed by atoms with Gasteiger partial charge in [-0.25, -0.2) is 0 Å². The van der Waals surface area contributed by atoms with E-state index in [1.165, 1.54) is 12.0 Å². The van der Waals surface area contributed by atoms with Crippen LogP contribution in [-0.4, -0.2) is 19.8 Å². The van der Waals surface area contributed by atoms with E-state index in [1.807, 2.05) is 0 Å². The topological polar surface area (TPSA) is 21.3 Å². The fourth-order valence-corrected chi connectivity index (χ4v) is 2.00. The number of hydrogen-bond donors (Lipinski definition) is 1. The van der Waals surface area contributed by atoms with Crippen LogP contribution >= 0.6 is 15.9 Å². The average Bonchev–Trinajstić information content (AvgIpc) is 2.26. The molecule has 0 bridgehead atoms. The lowest BCUT2D eigenvalue weighted by molar-refractivity contribution is 0.141. The minimum atomic E-state index is 0.764. The Balaban J connectivity index is 2.21. The molecule has 1 aromatic rings. The molecule has 0 aliphatic carbocycles.